The first-order valence-electron chi connectivity index (χ1n) is 4.94. The van der Waals surface area contributed by atoms with E-state index in [1.807, 2.05) is 0 Å². The fourth-order valence-corrected chi connectivity index (χ4v) is 1.04. The number of rotatable bonds is 4. The van der Waals surface area contributed by atoms with Gasteiger partial charge in [-0.15, -0.1) is 0 Å². The van der Waals surface area contributed by atoms with Crippen molar-refractivity contribution in [2.24, 2.45) is 0 Å². The first-order chi connectivity index (χ1) is 7.61. The van der Waals surface area contributed by atoms with Crippen LogP contribution in [0.15, 0.2) is 24.3 Å². The van der Waals surface area contributed by atoms with Gasteiger partial charge in [-0.3, -0.25) is 9.59 Å². The quantitative estimate of drug-likeness (QED) is 0.825. The maximum Gasteiger partial charge on any atom is 0.243 e. The second kappa shape index (κ2) is 5.85. The fourth-order valence-electron chi connectivity index (χ4n) is 1.04. The molecule has 0 fully saturated rings. The lowest BCUT2D eigenvalue weighted by Crippen LogP contribution is -2.32. The van der Waals surface area contributed by atoms with Crippen LogP contribution in [0, 0.1) is 5.82 Å². The van der Waals surface area contributed by atoms with Gasteiger partial charge in [0, 0.05) is 15.0 Å². The number of benzene rings is 1. The zero-order valence-electron chi connectivity index (χ0n) is 8.92. The number of anilines is 1. The van der Waals surface area contributed by atoms with Gasteiger partial charge < -0.3 is 10.6 Å². The molecule has 1 rings (SSSR count). The van der Waals surface area contributed by atoms with Crippen molar-refractivity contribution >= 4 is 17.5 Å². The third kappa shape index (κ3) is 4.08. The fraction of sp³-hybridized carbons (Fsp3) is 0.273. The van der Waals surface area contributed by atoms with E-state index in [1.54, 1.807) is 6.92 Å². The number of amides is 2. The van der Waals surface area contributed by atoms with E-state index in [9.17, 15) is 14.0 Å². The molecule has 0 saturated heterocycles. The van der Waals surface area contributed by atoms with E-state index < -0.39 is 0 Å². The number of nitrogens with one attached hydrogen (secondary N) is 2. The molecule has 0 heterocycles. The van der Waals surface area contributed by atoms with Gasteiger partial charge in [0.15, 0.2) is 0 Å². The van der Waals surface area contributed by atoms with Gasteiger partial charge >= 0.3 is 0 Å². The predicted octanol–water partition coefficient (Wildman–Crippen LogP) is 1.78. The SMILES string of the molecule is CCC(=O)NCC(=O)Nc1ccc(F)cc1.[HH].[HH]. The highest BCUT2D eigenvalue weighted by molar-refractivity contribution is 5.94. The Labute approximate surface area is 95.8 Å². The molecule has 2 N–H and O–H groups in total. The third-order valence-corrected chi connectivity index (χ3v) is 1.90. The standard InChI is InChI=1S/C11H13FN2O2.2H2/c1-2-10(15)13-7-11(16)14-9-5-3-8(12)4-6-9;;/h3-6H,2,7H2,1H3,(H,13,15)(H,14,16);2*1H. The molecular weight excluding hydrogens is 211 g/mol. The predicted molar refractivity (Wildman–Crippen MR) is 62.6 cm³/mol. The Hall–Kier alpha value is -1.91. The van der Waals surface area contributed by atoms with Crippen molar-refractivity contribution < 1.29 is 16.8 Å². The van der Waals surface area contributed by atoms with Crippen LogP contribution in [0.25, 0.3) is 0 Å². The minimum atomic E-state index is -0.364. The molecule has 0 aliphatic carbocycles. The molecule has 0 saturated carbocycles. The van der Waals surface area contributed by atoms with E-state index in [0.717, 1.165) is 0 Å². The Morgan fingerprint density at radius 2 is 1.88 bits per heavy atom. The largest absolute Gasteiger partial charge is 0.347 e. The second-order valence-electron chi connectivity index (χ2n) is 3.19. The van der Waals surface area contributed by atoms with Crippen molar-refractivity contribution in [3.05, 3.63) is 30.1 Å². The van der Waals surface area contributed by atoms with Gasteiger partial charge in [-0.1, -0.05) is 6.92 Å². The number of hydrogen-bond acceptors (Lipinski definition) is 2. The van der Waals surface area contributed by atoms with Crippen LogP contribution < -0.4 is 10.6 Å². The van der Waals surface area contributed by atoms with E-state index in [2.05, 4.69) is 10.6 Å². The van der Waals surface area contributed by atoms with Gasteiger partial charge in [-0.25, -0.2) is 4.39 Å². The average Bonchev–Trinajstić information content (AvgIpc) is 2.29. The first-order valence-corrected chi connectivity index (χ1v) is 4.94. The lowest BCUT2D eigenvalue weighted by atomic mass is 10.3. The van der Waals surface area contributed by atoms with Crippen molar-refractivity contribution in [2.45, 2.75) is 13.3 Å². The minimum absolute atomic E-state index is 0. The highest BCUT2D eigenvalue weighted by atomic mass is 19.1. The zero-order valence-corrected chi connectivity index (χ0v) is 8.92. The van der Waals surface area contributed by atoms with Crippen LogP contribution in [0.1, 0.15) is 16.2 Å². The molecule has 0 radical (unpaired) electrons. The van der Waals surface area contributed by atoms with Gasteiger partial charge in [0.25, 0.3) is 0 Å². The Morgan fingerprint density at radius 1 is 1.25 bits per heavy atom. The molecule has 0 aromatic heterocycles. The molecule has 1 aromatic rings. The smallest absolute Gasteiger partial charge is 0.243 e. The molecule has 5 heteroatoms. The summed E-state index contributed by atoms with van der Waals surface area (Å²) in [6.45, 7) is 1.62. The maximum absolute atomic E-state index is 12.6. The molecule has 0 unspecified atom stereocenters. The average molecular weight is 228 g/mol. The summed E-state index contributed by atoms with van der Waals surface area (Å²) in [6.07, 6.45) is 0.337. The van der Waals surface area contributed by atoms with E-state index in [-0.39, 0.29) is 27.0 Å². The highest BCUT2D eigenvalue weighted by Gasteiger charge is 2.04. The molecule has 0 spiro atoms. The Kier molecular flexibility index (Phi) is 4.44. The topological polar surface area (TPSA) is 58.2 Å². The summed E-state index contributed by atoms with van der Waals surface area (Å²) in [7, 11) is 0. The molecular formula is C11H17FN2O2. The summed E-state index contributed by atoms with van der Waals surface area (Å²) in [5.74, 6) is -0.889. The monoisotopic (exact) mass is 228 g/mol. The molecule has 0 aliphatic heterocycles. The van der Waals surface area contributed by atoms with Gasteiger partial charge in [-0.05, 0) is 24.3 Å². The van der Waals surface area contributed by atoms with Gasteiger partial charge in [0.1, 0.15) is 5.82 Å². The summed E-state index contributed by atoms with van der Waals surface area (Å²) in [5, 5.41) is 4.97. The lowest BCUT2D eigenvalue weighted by molar-refractivity contribution is -0.123. The Bertz CT molecular complexity index is 385. The number of carbonyl (C=O) groups excluding carboxylic acids is 2. The molecule has 0 atom stereocenters. The van der Waals surface area contributed by atoms with Crippen LogP contribution in [0.2, 0.25) is 0 Å². The van der Waals surface area contributed by atoms with Crippen LogP contribution in [0.3, 0.4) is 0 Å². The number of halogens is 1. The van der Waals surface area contributed by atoms with Gasteiger partial charge in [0.05, 0.1) is 6.54 Å². The second-order valence-corrected chi connectivity index (χ2v) is 3.19. The van der Waals surface area contributed by atoms with Crippen LogP contribution in [0.4, 0.5) is 10.1 Å². The van der Waals surface area contributed by atoms with E-state index in [4.69, 9.17) is 0 Å². The van der Waals surface area contributed by atoms with Gasteiger partial charge in [0.2, 0.25) is 11.8 Å². The summed E-state index contributed by atoms with van der Waals surface area (Å²) >= 11 is 0. The number of carbonyl (C=O) groups is 2. The molecule has 4 nitrogen and oxygen atoms in total. The lowest BCUT2D eigenvalue weighted by Gasteiger charge is -2.05. The summed E-state index contributed by atoms with van der Waals surface area (Å²) in [6, 6.07) is 5.41. The molecule has 0 aliphatic rings. The first kappa shape index (κ1) is 12.2. The van der Waals surface area contributed by atoms with Crippen molar-refractivity contribution in [2.75, 3.05) is 11.9 Å². The Balaban J connectivity index is 0. The molecule has 1 aromatic carbocycles. The van der Waals surface area contributed by atoms with E-state index in [0.29, 0.717) is 12.1 Å². The van der Waals surface area contributed by atoms with Crippen molar-refractivity contribution in [1.29, 1.82) is 0 Å². The number of hydrogen-bond donors (Lipinski definition) is 2. The van der Waals surface area contributed by atoms with E-state index in [1.165, 1.54) is 24.3 Å². The van der Waals surface area contributed by atoms with Crippen LogP contribution in [-0.4, -0.2) is 18.4 Å². The third-order valence-electron chi connectivity index (χ3n) is 1.90. The molecule has 16 heavy (non-hydrogen) atoms. The van der Waals surface area contributed by atoms with Crippen LogP contribution in [0.5, 0.6) is 0 Å². The highest BCUT2D eigenvalue weighted by Crippen LogP contribution is 2.07. The van der Waals surface area contributed by atoms with Crippen molar-refractivity contribution in [3.63, 3.8) is 0 Å². The van der Waals surface area contributed by atoms with Crippen LogP contribution in [-0.2, 0) is 9.59 Å². The Morgan fingerprint density at radius 3 is 2.44 bits per heavy atom. The van der Waals surface area contributed by atoms with E-state index >= 15 is 0 Å². The van der Waals surface area contributed by atoms with Gasteiger partial charge in [-0.2, -0.15) is 0 Å². The molecule has 0 bridgehead atoms. The summed E-state index contributed by atoms with van der Waals surface area (Å²) < 4.78 is 12.6. The molecule has 2 amide bonds. The zero-order chi connectivity index (χ0) is 12.0. The normalized spacial score (nSPS) is 9.62. The summed E-state index contributed by atoms with van der Waals surface area (Å²) in [4.78, 5) is 22.2. The van der Waals surface area contributed by atoms with Crippen molar-refractivity contribution in [1.82, 2.24) is 5.32 Å². The maximum atomic E-state index is 12.6. The van der Waals surface area contributed by atoms with Crippen LogP contribution >= 0.6 is 0 Å². The minimum Gasteiger partial charge on any atom is -0.347 e. The summed E-state index contributed by atoms with van der Waals surface area (Å²) in [5.41, 5.74) is 0.497. The molecule has 90 valence electrons. The van der Waals surface area contributed by atoms with Crippen molar-refractivity contribution in [3.8, 4) is 0 Å².